The zero-order chi connectivity index (χ0) is 21.3. The third kappa shape index (κ3) is 4.34. The first-order chi connectivity index (χ1) is 14.5. The molecule has 2 aromatic rings. The van der Waals surface area contributed by atoms with Crippen molar-refractivity contribution in [3.63, 3.8) is 0 Å². The van der Waals surface area contributed by atoms with E-state index in [1.54, 1.807) is 0 Å². The van der Waals surface area contributed by atoms with Gasteiger partial charge in [0.25, 0.3) is 0 Å². The van der Waals surface area contributed by atoms with Gasteiger partial charge in [0.1, 0.15) is 16.5 Å². The summed E-state index contributed by atoms with van der Waals surface area (Å²) >= 11 is 1.90. The highest BCUT2D eigenvalue weighted by molar-refractivity contribution is 7.19. The normalized spacial score (nSPS) is 18.6. The van der Waals surface area contributed by atoms with E-state index in [0.717, 1.165) is 50.7 Å². The molecule has 1 unspecified atom stereocenters. The van der Waals surface area contributed by atoms with Gasteiger partial charge in [-0.2, -0.15) is 0 Å². The van der Waals surface area contributed by atoms with Crippen LogP contribution < -0.4 is 4.90 Å². The molecule has 1 aliphatic heterocycles. The van der Waals surface area contributed by atoms with Gasteiger partial charge in [-0.25, -0.2) is 9.97 Å². The van der Waals surface area contributed by atoms with Gasteiger partial charge in [-0.1, -0.05) is 34.1 Å². The third-order valence-corrected chi connectivity index (χ3v) is 7.82. The van der Waals surface area contributed by atoms with Crippen molar-refractivity contribution in [1.29, 1.82) is 0 Å². The smallest absolute Gasteiger partial charge is 0.222 e. The first-order valence-electron chi connectivity index (χ1n) is 11.8. The fourth-order valence-electron chi connectivity index (χ4n) is 4.61. The Balaban J connectivity index is 1.67. The molecule has 2 aliphatic rings. The summed E-state index contributed by atoms with van der Waals surface area (Å²) in [5, 5.41) is 1.31. The van der Waals surface area contributed by atoms with Gasteiger partial charge in [0, 0.05) is 43.4 Å². The largest absolute Gasteiger partial charge is 0.352 e. The lowest BCUT2D eigenvalue weighted by molar-refractivity contribution is -0.132. The van der Waals surface area contributed by atoms with E-state index in [9.17, 15) is 4.79 Å². The van der Waals surface area contributed by atoms with Crippen molar-refractivity contribution < 1.29 is 4.79 Å². The molecule has 1 fully saturated rings. The van der Waals surface area contributed by atoms with E-state index in [4.69, 9.17) is 9.97 Å². The minimum atomic E-state index is 0.294. The van der Waals surface area contributed by atoms with Crippen molar-refractivity contribution in [3.05, 3.63) is 16.3 Å². The highest BCUT2D eigenvalue weighted by Crippen LogP contribution is 2.40. The maximum absolute atomic E-state index is 12.5. The summed E-state index contributed by atoms with van der Waals surface area (Å²) in [6, 6.07) is 0. The Morgan fingerprint density at radius 1 is 1.03 bits per heavy atom. The van der Waals surface area contributed by atoms with Crippen molar-refractivity contribution in [3.8, 4) is 0 Å². The number of thiophene rings is 1. The monoisotopic (exact) mass is 428 g/mol. The summed E-state index contributed by atoms with van der Waals surface area (Å²) in [7, 11) is 0. The molecule has 1 amide bonds. The molecular formula is C24H36N4OS. The summed E-state index contributed by atoms with van der Waals surface area (Å²) in [5.41, 5.74) is 1.51. The first-order valence-corrected chi connectivity index (χ1v) is 12.6. The molecule has 0 N–H and O–H groups in total. The van der Waals surface area contributed by atoms with Crippen LogP contribution in [0.3, 0.4) is 0 Å². The van der Waals surface area contributed by atoms with Crippen LogP contribution in [0.4, 0.5) is 5.82 Å². The van der Waals surface area contributed by atoms with E-state index in [1.807, 2.05) is 16.2 Å². The quantitative estimate of drug-likeness (QED) is 0.617. The number of fused-ring (bicyclic) bond motifs is 3. The SMILES string of the molecule is CCC(C)c1nc(N2CCN(C(=O)CC(C)C)CC2)c2c3c(sc2n1)CCCCC3. The fraction of sp³-hybridized carbons (Fsp3) is 0.708. The lowest BCUT2D eigenvalue weighted by Crippen LogP contribution is -2.49. The topological polar surface area (TPSA) is 49.3 Å². The molecular weight excluding hydrogens is 392 g/mol. The molecule has 2 aromatic heterocycles. The number of nitrogens with zero attached hydrogens (tertiary/aromatic N) is 4. The van der Waals surface area contributed by atoms with Crippen molar-refractivity contribution in [2.45, 2.75) is 78.6 Å². The second kappa shape index (κ2) is 9.21. The van der Waals surface area contributed by atoms with E-state index in [1.165, 1.54) is 46.3 Å². The predicted octanol–water partition coefficient (Wildman–Crippen LogP) is 5.17. The molecule has 1 saturated heterocycles. The molecule has 0 aromatic carbocycles. The molecule has 1 aliphatic carbocycles. The molecule has 1 atom stereocenters. The number of hydrogen-bond acceptors (Lipinski definition) is 5. The van der Waals surface area contributed by atoms with E-state index in [-0.39, 0.29) is 0 Å². The number of aryl methyl sites for hydroxylation is 2. The molecule has 164 valence electrons. The van der Waals surface area contributed by atoms with E-state index >= 15 is 0 Å². The number of hydrogen-bond donors (Lipinski definition) is 0. The summed E-state index contributed by atoms with van der Waals surface area (Å²) in [5.74, 6) is 3.18. The molecule has 3 heterocycles. The summed E-state index contributed by atoms with van der Waals surface area (Å²) < 4.78 is 0. The van der Waals surface area contributed by atoms with Crippen LogP contribution in [-0.2, 0) is 17.6 Å². The van der Waals surface area contributed by atoms with Gasteiger partial charge in [-0.05, 0) is 43.6 Å². The Morgan fingerprint density at radius 3 is 2.47 bits per heavy atom. The number of carbonyl (C=O) groups excluding carboxylic acids is 1. The number of piperazine rings is 1. The second-order valence-electron chi connectivity index (χ2n) is 9.43. The number of aromatic nitrogens is 2. The minimum Gasteiger partial charge on any atom is -0.352 e. The van der Waals surface area contributed by atoms with Crippen LogP contribution in [0.25, 0.3) is 10.2 Å². The fourth-order valence-corrected chi connectivity index (χ4v) is 5.87. The average molecular weight is 429 g/mol. The Bertz CT molecular complexity index is 898. The van der Waals surface area contributed by atoms with E-state index in [2.05, 4.69) is 32.6 Å². The minimum absolute atomic E-state index is 0.294. The maximum atomic E-state index is 12.5. The third-order valence-electron chi connectivity index (χ3n) is 6.63. The maximum Gasteiger partial charge on any atom is 0.222 e. The van der Waals surface area contributed by atoms with Gasteiger partial charge in [0.15, 0.2) is 0 Å². The van der Waals surface area contributed by atoms with Gasteiger partial charge in [0.05, 0.1) is 5.39 Å². The lowest BCUT2D eigenvalue weighted by Gasteiger charge is -2.36. The van der Waals surface area contributed by atoms with Gasteiger partial charge >= 0.3 is 0 Å². The highest BCUT2D eigenvalue weighted by Gasteiger charge is 2.27. The van der Waals surface area contributed by atoms with Crippen LogP contribution in [0, 0.1) is 5.92 Å². The summed E-state index contributed by atoms with van der Waals surface area (Å²) in [4.78, 5) is 29.9. The first kappa shape index (κ1) is 21.5. The second-order valence-corrected chi connectivity index (χ2v) is 10.5. The van der Waals surface area contributed by atoms with Crippen molar-refractivity contribution in [2.75, 3.05) is 31.1 Å². The summed E-state index contributed by atoms with van der Waals surface area (Å²) in [6.07, 6.45) is 7.91. The zero-order valence-electron chi connectivity index (χ0n) is 19.0. The Labute approximate surface area is 184 Å². The number of carbonyl (C=O) groups is 1. The van der Waals surface area contributed by atoms with Crippen LogP contribution in [-0.4, -0.2) is 47.0 Å². The van der Waals surface area contributed by atoms with Crippen LogP contribution >= 0.6 is 11.3 Å². The number of anilines is 1. The number of rotatable bonds is 5. The molecule has 0 saturated carbocycles. The van der Waals surface area contributed by atoms with Crippen molar-refractivity contribution >= 4 is 33.3 Å². The van der Waals surface area contributed by atoms with Crippen LogP contribution in [0.2, 0.25) is 0 Å². The molecule has 30 heavy (non-hydrogen) atoms. The van der Waals surface area contributed by atoms with Crippen LogP contribution in [0.5, 0.6) is 0 Å². The summed E-state index contributed by atoms with van der Waals surface area (Å²) in [6.45, 7) is 12.0. The molecule has 0 bridgehead atoms. The Hall–Kier alpha value is -1.69. The predicted molar refractivity (Wildman–Crippen MR) is 126 cm³/mol. The molecule has 0 radical (unpaired) electrons. The Morgan fingerprint density at radius 2 is 1.77 bits per heavy atom. The highest BCUT2D eigenvalue weighted by atomic mass is 32.1. The molecule has 4 rings (SSSR count). The van der Waals surface area contributed by atoms with Crippen LogP contribution in [0.15, 0.2) is 0 Å². The van der Waals surface area contributed by atoms with Gasteiger partial charge in [0.2, 0.25) is 5.91 Å². The average Bonchev–Trinajstić information content (AvgIpc) is 2.93. The van der Waals surface area contributed by atoms with Crippen LogP contribution in [0.1, 0.15) is 82.0 Å². The van der Waals surface area contributed by atoms with Crippen molar-refractivity contribution in [1.82, 2.24) is 14.9 Å². The Kier molecular flexibility index (Phi) is 6.61. The lowest BCUT2D eigenvalue weighted by atomic mass is 10.1. The molecule has 5 nitrogen and oxygen atoms in total. The van der Waals surface area contributed by atoms with Gasteiger partial charge < -0.3 is 9.80 Å². The van der Waals surface area contributed by atoms with Gasteiger partial charge in [-0.15, -0.1) is 11.3 Å². The van der Waals surface area contributed by atoms with Gasteiger partial charge in [-0.3, -0.25) is 4.79 Å². The standard InChI is InChI=1S/C24H36N4OS/c1-5-17(4)22-25-23(28-13-11-27(12-14-28)20(29)15-16(2)3)21-18-9-7-6-8-10-19(18)30-24(21)26-22/h16-17H,5-15H2,1-4H3. The molecule has 0 spiro atoms. The van der Waals surface area contributed by atoms with E-state index < -0.39 is 0 Å². The van der Waals surface area contributed by atoms with E-state index in [0.29, 0.717) is 24.2 Å². The number of amides is 1. The zero-order valence-corrected chi connectivity index (χ0v) is 19.9. The van der Waals surface area contributed by atoms with Crippen molar-refractivity contribution in [2.24, 2.45) is 5.92 Å². The molecule has 6 heteroatoms.